The normalized spacial score (nSPS) is 20.9. The molecule has 0 aromatic rings. The van der Waals surface area contributed by atoms with Crippen molar-refractivity contribution in [3.8, 4) is 0 Å². The van der Waals surface area contributed by atoms with Gasteiger partial charge in [0.2, 0.25) is 0 Å². The summed E-state index contributed by atoms with van der Waals surface area (Å²) in [7, 11) is 0. The number of carboxylic acids is 1. The summed E-state index contributed by atoms with van der Waals surface area (Å²) in [5, 5.41) is 11.8. The van der Waals surface area contributed by atoms with Crippen molar-refractivity contribution < 1.29 is 19.4 Å². The Hall–Kier alpha value is -1.14. The molecule has 0 spiro atoms. The van der Waals surface area contributed by atoms with E-state index in [4.69, 9.17) is 9.84 Å². The smallest absolute Gasteiger partial charge is 0.320 e. The SMILES string of the molecule is CC(C)(C)OC(=O)CNC1CCN(CC(=O)O)C1. The fourth-order valence-corrected chi connectivity index (χ4v) is 1.94. The van der Waals surface area contributed by atoms with Gasteiger partial charge in [-0.15, -0.1) is 0 Å². The van der Waals surface area contributed by atoms with Gasteiger partial charge < -0.3 is 15.2 Å². The van der Waals surface area contributed by atoms with E-state index >= 15 is 0 Å². The summed E-state index contributed by atoms with van der Waals surface area (Å²) in [5.74, 6) is -1.10. The summed E-state index contributed by atoms with van der Waals surface area (Å²) in [6.45, 7) is 7.13. The lowest BCUT2D eigenvalue weighted by atomic mass is 10.2. The van der Waals surface area contributed by atoms with Gasteiger partial charge >= 0.3 is 11.9 Å². The quantitative estimate of drug-likeness (QED) is 0.680. The Morgan fingerprint density at radius 2 is 2.11 bits per heavy atom. The number of nitrogens with zero attached hydrogens (tertiary/aromatic N) is 1. The van der Waals surface area contributed by atoms with E-state index in [0.29, 0.717) is 6.54 Å². The number of nitrogens with one attached hydrogen (secondary N) is 1. The summed E-state index contributed by atoms with van der Waals surface area (Å²) in [6, 6.07) is 0.164. The van der Waals surface area contributed by atoms with Gasteiger partial charge in [0.1, 0.15) is 5.60 Å². The zero-order valence-corrected chi connectivity index (χ0v) is 11.2. The number of carboxylic acid groups (broad SMARTS) is 1. The molecule has 6 nitrogen and oxygen atoms in total. The van der Waals surface area contributed by atoms with Gasteiger partial charge in [0.25, 0.3) is 0 Å². The minimum atomic E-state index is -0.817. The van der Waals surface area contributed by atoms with E-state index in [1.807, 2.05) is 25.7 Å². The van der Waals surface area contributed by atoms with Crippen LogP contribution in [-0.2, 0) is 14.3 Å². The molecule has 1 heterocycles. The topological polar surface area (TPSA) is 78.9 Å². The number of carbonyl (C=O) groups is 2. The lowest BCUT2D eigenvalue weighted by molar-refractivity contribution is -0.153. The molecule has 104 valence electrons. The highest BCUT2D eigenvalue weighted by molar-refractivity contribution is 5.72. The molecule has 0 aliphatic carbocycles. The molecular weight excluding hydrogens is 236 g/mol. The van der Waals surface area contributed by atoms with Crippen molar-refractivity contribution in [2.75, 3.05) is 26.2 Å². The van der Waals surface area contributed by atoms with Crippen LogP contribution in [0, 0.1) is 0 Å². The molecule has 2 N–H and O–H groups in total. The Labute approximate surface area is 107 Å². The van der Waals surface area contributed by atoms with E-state index in [9.17, 15) is 9.59 Å². The van der Waals surface area contributed by atoms with Gasteiger partial charge in [0, 0.05) is 19.1 Å². The van der Waals surface area contributed by atoms with Crippen molar-refractivity contribution in [1.29, 1.82) is 0 Å². The average Bonchev–Trinajstić information content (AvgIpc) is 2.59. The van der Waals surface area contributed by atoms with Crippen LogP contribution in [0.3, 0.4) is 0 Å². The van der Waals surface area contributed by atoms with Crippen LogP contribution < -0.4 is 5.32 Å². The van der Waals surface area contributed by atoms with Gasteiger partial charge in [0.15, 0.2) is 0 Å². The molecule has 1 fully saturated rings. The molecule has 0 bridgehead atoms. The van der Waals surface area contributed by atoms with Crippen molar-refractivity contribution in [2.24, 2.45) is 0 Å². The third-order valence-corrected chi connectivity index (χ3v) is 2.59. The van der Waals surface area contributed by atoms with E-state index in [0.717, 1.165) is 13.0 Å². The number of ether oxygens (including phenoxy) is 1. The Morgan fingerprint density at radius 3 is 2.67 bits per heavy atom. The minimum Gasteiger partial charge on any atom is -0.480 e. The molecule has 0 aromatic carbocycles. The number of likely N-dealkylation sites (tertiary alicyclic amines) is 1. The summed E-state index contributed by atoms with van der Waals surface area (Å²) in [6.07, 6.45) is 0.857. The lowest BCUT2D eigenvalue weighted by Crippen LogP contribution is -2.39. The number of carbonyl (C=O) groups excluding carboxylic acids is 1. The Morgan fingerprint density at radius 1 is 1.44 bits per heavy atom. The molecule has 0 saturated carbocycles. The van der Waals surface area contributed by atoms with Crippen LogP contribution >= 0.6 is 0 Å². The van der Waals surface area contributed by atoms with Crippen molar-refractivity contribution in [2.45, 2.75) is 38.8 Å². The largest absolute Gasteiger partial charge is 0.480 e. The molecule has 18 heavy (non-hydrogen) atoms. The number of rotatable bonds is 5. The van der Waals surface area contributed by atoms with Crippen LogP contribution in [0.5, 0.6) is 0 Å². The van der Waals surface area contributed by atoms with Crippen molar-refractivity contribution in [1.82, 2.24) is 10.2 Å². The van der Waals surface area contributed by atoms with Crippen LogP contribution in [0.15, 0.2) is 0 Å². The second-order valence-electron chi connectivity index (χ2n) is 5.58. The van der Waals surface area contributed by atoms with E-state index in [1.54, 1.807) is 0 Å². The number of hydrogen-bond acceptors (Lipinski definition) is 5. The molecule has 1 rings (SSSR count). The van der Waals surface area contributed by atoms with Crippen LogP contribution in [0.4, 0.5) is 0 Å². The molecule has 1 atom stereocenters. The third-order valence-electron chi connectivity index (χ3n) is 2.59. The van der Waals surface area contributed by atoms with E-state index in [2.05, 4.69) is 5.32 Å². The average molecular weight is 258 g/mol. The summed E-state index contributed by atoms with van der Waals surface area (Å²) in [4.78, 5) is 23.9. The van der Waals surface area contributed by atoms with E-state index < -0.39 is 11.6 Å². The first-order valence-corrected chi connectivity index (χ1v) is 6.15. The van der Waals surface area contributed by atoms with Crippen LogP contribution in [0.1, 0.15) is 27.2 Å². The highest BCUT2D eigenvalue weighted by atomic mass is 16.6. The zero-order chi connectivity index (χ0) is 13.8. The Bertz CT molecular complexity index is 312. The second-order valence-corrected chi connectivity index (χ2v) is 5.58. The molecule has 1 unspecified atom stereocenters. The Balaban J connectivity index is 2.21. The molecule has 1 aliphatic heterocycles. The van der Waals surface area contributed by atoms with Crippen molar-refractivity contribution in [3.63, 3.8) is 0 Å². The highest BCUT2D eigenvalue weighted by Gasteiger charge is 2.24. The summed E-state index contributed by atoms with van der Waals surface area (Å²) < 4.78 is 5.18. The van der Waals surface area contributed by atoms with Crippen molar-refractivity contribution in [3.05, 3.63) is 0 Å². The molecule has 6 heteroatoms. The lowest BCUT2D eigenvalue weighted by Gasteiger charge is -2.20. The predicted molar refractivity (Wildman–Crippen MR) is 66.3 cm³/mol. The van der Waals surface area contributed by atoms with Gasteiger partial charge in [-0.05, 0) is 27.2 Å². The maximum absolute atomic E-state index is 11.5. The predicted octanol–water partition coefficient (Wildman–Crippen LogP) is 0.0766. The zero-order valence-electron chi connectivity index (χ0n) is 11.2. The molecule has 1 saturated heterocycles. The summed E-state index contributed by atoms with van der Waals surface area (Å²) in [5.41, 5.74) is -0.468. The first kappa shape index (κ1) is 14.9. The number of hydrogen-bond donors (Lipinski definition) is 2. The van der Waals surface area contributed by atoms with Gasteiger partial charge in [0.05, 0.1) is 13.1 Å². The monoisotopic (exact) mass is 258 g/mol. The first-order valence-electron chi connectivity index (χ1n) is 6.15. The second kappa shape index (κ2) is 6.15. The first-order chi connectivity index (χ1) is 8.26. The van der Waals surface area contributed by atoms with Gasteiger partial charge in [-0.1, -0.05) is 0 Å². The molecule has 0 radical (unpaired) electrons. The number of esters is 1. The van der Waals surface area contributed by atoms with Gasteiger partial charge in [-0.25, -0.2) is 0 Å². The van der Waals surface area contributed by atoms with E-state index in [-0.39, 0.29) is 25.1 Å². The highest BCUT2D eigenvalue weighted by Crippen LogP contribution is 2.09. The maximum Gasteiger partial charge on any atom is 0.320 e. The number of aliphatic carboxylic acids is 1. The minimum absolute atomic E-state index is 0.0601. The molecule has 1 aliphatic rings. The Kier molecular flexibility index (Phi) is 5.10. The van der Waals surface area contributed by atoms with Gasteiger partial charge in [-0.3, -0.25) is 14.5 Å². The van der Waals surface area contributed by atoms with Crippen molar-refractivity contribution >= 4 is 11.9 Å². The van der Waals surface area contributed by atoms with Crippen LogP contribution in [0.25, 0.3) is 0 Å². The standard InChI is InChI=1S/C12H22N2O4/c1-12(2,3)18-11(17)6-13-9-4-5-14(7-9)8-10(15)16/h9,13H,4-8H2,1-3H3,(H,15,16). The fourth-order valence-electron chi connectivity index (χ4n) is 1.94. The molecular formula is C12H22N2O4. The van der Waals surface area contributed by atoms with Crippen LogP contribution in [-0.4, -0.2) is 59.8 Å². The molecule has 0 aromatic heterocycles. The van der Waals surface area contributed by atoms with E-state index in [1.165, 1.54) is 0 Å². The van der Waals surface area contributed by atoms with Gasteiger partial charge in [-0.2, -0.15) is 0 Å². The maximum atomic E-state index is 11.5. The fraction of sp³-hybridized carbons (Fsp3) is 0.833. The molecule has 0 amide bonds. The third kappa shape index (κ3) is 5.97. The van der Waals surface area contributed by atoms with Crippen LogP contribution in [0.2, 0.25) is 0 Å². The summed E-state index contributed by atoms with van der Waals surface area (Å²) >= 11 is 0.